The lowest BCUT2D eigenvalue weighted by Gasteiger charge is -2.18. The molecule has 0 spiro atoms. The van der Waals surface area contributed by atoms with Gasteiger partial charge in [-0.1, -0.05) is 37.3 Å². The number of carbonyl (C=O) groups is 2. The van der Waals surface area contributed by atoms with Crippen molar-refractivity contribution in [2.24, 2.45) is 0 Å². The normalized spacial score (nSPS) is 10.7. The Kier molecular flexibility index (Phi) is 6.84. The van der Waals surface area contributed by atoms with Crippen LogP contribution in [0.2, 0.25) is 0 Å². The highest BCUT2D eigenvalue weighted by atomic mass is 19.2. The second-order valence-corrected chi connectivity index (χ2v) is 7.02. The van der Waals surface area contributed by atoms with Crippen molar-refractivity contribution in [1.29, 1.82) is 0 Å². The van der Waals surface area contributed by atoms with Crippen LogP contribution in [0.3, 0.4) is 0 Å². The molecule has 3 rings (SSSR count). The first kappa shape index (κ1) is 22.2. The summed E-state index contributed by atoms with van der Waals surface area (Å²) >= 11 is 0. The van der Waals surface area contributed by atoms with Crippen LogP contribution < -0.4 is 4.90 Å². The summed E-state index contributed by atoms with van der Waals surface area (Å²) in [6, 6.07) is 12.0. The highest BCUT2D eigenvalue weighted by molar-refractivity contribution is 5.96. The predicted octanol–water partition coefficient (Wildman–Crippen LogP) is 5.35. The number of pyridine rings is 1. The van der Waals surface area contributed by atoms with E-state index in [4.69, 9.17) is 0 Å². The molecule has 0 aliphatic heterocycles. The zero-order chi connectivity index (χ0) is 22.5. The number of hydrogen-bond donors (Lipinski definition) is 0. The van der Waals surface area contributed by atoms with Gasteiger partial charge in [-0.05, 0) is 30.2 Å². The largest absolute Gasteiger partial charge is 0.313 e. The molecule has 1 heterocycles. The van der Waals surface area contributed by atoms with Crippen molar-refractivity contribution < 1.29 is 22.8 Å². The fourth-order valence-corrected chi connectivity index (χ4v) is 3.23. The molecule has 4 nitrogen and oxygen atoms in total. The standard InChI is InChI=1S/C24H21F3N2O2/c1-3-21(31)29(2)19-12-11-18(22(25)23(19)26)15-6-8-16(9-7-15)20(30)13-10-17-5-4-14-28-24(17)27/h4-9,11-12,14H,3,10,13H2,1-2H3. The van der Waals surface area contributed by atoms with E-state index >= 15 is 0 Å². The Morgan fingerprint density at radius 3 is 2.32 bits per heavy atom. The Morgan fingerprint density at radius 1 is 0.968 bits per heavy atom. The van der Waals surface area contributed by atoms with Crippen LogP contribution in [0, 0.1) is 17.6 Å². The van der Waals surface area contributed by atoms with E-state index in [0.717, 1.165) is 4.90 Å². The van der Waals surface area contributed by atoms with Gasteiger partial charge in [0.1, 0.15) is 0 Å². The third-order valence-electron chi connectivity index (χ3n) is 5.08. The molecule has 0 radical (unpaired) electrons. The lowest BCUT2D eigenvalue weighted by Crippen LogP contribution is -2.26. The average molecular weight is 426 g/mol. The van der Waals surface area contributed by atoms with E-state index in [9.17, 15) is 22.8 Å². The van der Waals surface area contributed by atoms with Gasteiger partial charge in [-0.2, -0.15) is 4.39 Å². The van der Waals surface area contributed by atoms with Crippen LogP contribution in [0.25, 0.3) is 11.1 Å². The van der Waals surface area contributed by atoms with Gasteiger partial charge in [0.15, 0.2) is 17.4 Å². The fraction of sp³-hybridized carbons (Fsp3) is 0.208. The number of ketones is 1. The fourth-order valence-electron chi connectivity index (χ4n) is 3.23. The molecule has 0 saturated heterocycles. The number of benzene rings is 2. The molecule has 1 amide bonds. The predicted molar refractivity (Wildman–Crippen MR) is 112 cm³/mol. The van der Waals surface area contributed by atoms with Crippen LogP contribution >= 0.6 is 0 Å². The van der Waals surface area contributed by atoms with Gasteiger partial charge in [-0.25, -0.2) is 13.8 Å². The number of hydrogen-bond acceptors (Lipinski definition) is 3. The van der Waals surface area contributed by atoms with E-state index in [-0.39, 0.29) is 42.2 Å². The summed E-state index contributed by atoms with van der Waals surface area (Å²) in [7, 11) is 1.39. The number of aromatic nitrogens is 1. The molecule has 2 aromatic carbocycles. The molecular formula is C24H21F3N2O2. The number of nitrogens with zero attached hydrogens (tertiary/aromatic N) is 2. The summed E-state index contributed by atoms with van der Waals surface area (Å²) in [6.45, 7) is 1.64. The Balaban J connectivity index is 1.76. The summed E-state index contributed by atoms with van der Waals surface area (Å²) in [5.74, 6) is -3.31. The molecule has 7 heteroatoms. The van der Waals surface area contributed by atoms with Gasteiger partial charge in [-0.3, -0.25) is 9.59 Å². The van der Waals surface area contributed by atoms with Crippen molar-refractivity contribution in [3.8, 4) is 11.1 Å². The van der Waals surface area contributed by atoms with Gasteiger partial charge in [0.2, 0.25) is 11.9 Å². The lowest BCUT2D eigenvalue weighted by atomic mass is 9.99. The minimum absolute atomic E-state index is 0.0232. The van der Waals surface area contributed by atoms with E-state index in [1.807, 2.05) is 0 Å². The molecule has 0 unspecified atom stereocenters. The highest BCUT2D eigenvalue weighted by Crippen LogP contribution is 2.30. The van der Waals surface area contributed by atoms with Crippen LogP contribution in [-0.4, -0.2) is 23.7 Å². The van der Waals surface area contributed by atoms with Gasteiger partial charge in [0.25, 0.3) is 0 Å². The lowest BCUT2D eigenvalue weighted by molar-refractivity contribution is -0.118. The molecule has 0 atom stereocenters. The first-order valence-corrected chi connectivity index (χ1v) is 9.81. The van der Waals surface area contributed by atoms with E-state index in [1.54, 1.807) is 19.1 Å². The number of aryl methyl sites for hydroxylation is 1. The molecule has 0 aliphatic rings. The molecule has 0 bridgehead atoms. The molecule has 0 aliphatic carbocycles. The van der Waals surface area contributed by atoms with Gasteiger partial charge in [0, 0.05) is 42.8 Å². The first-order valence-electron chi connectivity index (χ1n) is 9.81. The number of Topliss-reactive ketones (excluding diaryl/α,β-unsaturated/α-hetero) is 1. The van der Waals surface area contributed by atoms with Crippen molar-refractivity contribution in [3.63, 3.8) is 0 Å². The smallest absolute Gasteiger partial charge is 0.226 e. The molecule has 3 aromatic rings. The Morgan fingerprint density at radius 2 is 1.68 bits per heavy atom. The number of halogens is 3. The van der Waals surface area contributed by atoms with E-state index < -0.39 is 17.6 Å². The third-order valence-corrected chi connectivity index (χ3v) is 5.08. The van der Waals surface area contributed by atoms with E-state index in [1.165, 1.54) is 49.6 Å². The second-order valence-electron chi connectivity index (χ2n) is 7.02. The molecule has 0 N–H and O–H groups in total. The van der Waals surface area contributed by atoms with Crippen LogP contribution in [0.15, 0.2) is 54.7 Å². The van der Waals surface area contributed by atoms with Gasteiger partial charge < -0.3 is 4.90 Å². The van der Waals surface area contributed by atoms with Gasteiger partial charge in [0.05, 0.1) is 5.69 Å². The van der Waals surface area contributed by atoms with Gasteiger partial charge in [-0.15, -0.1) is 0 Å². The first-order chi connectivity index (χ1) is 14.8. The topological polar surface area (TPSA) is 50.3 Å². The molecule has 31 heavy (non-hydrogen) atoms. The van der Waals surface area contributed by atoms with Crippen LogP contribution in [-0.2, 0) is 11.2 Å². The highest BCUT2D eigenvalue weighted by Gasteiger charge is 2.20. The van der Waals surface area contributed by atoms with Crippen LogP contribution in [0.4, 0.5) is 18.9 Å². The molecule has 160 valence electrons. The Labute approximate surface area is 178 Å². The van der Waals surface area contributed by atoms with Crippen molar-refractivity contribution in [2.75, 3.05) is 11.9 Å². The SMILES string of the molecule is CCC(=O)N(C)c1ccc(-c2ccc(C(=O)CCc3cccnc3F)cc2)c(F)c1F. The zero-order valence-electron chi connectivity index (χ0n) is 17.2. The molecular weight excluding hydrogens is 405 g/mol. The van der Waals surface area contributed by atoms with E-state index in [0.29, 0.717) is 16.7 Å². The van der Waals surface area contributed by atoms with Crippen LogP contribution in [0.5, 0.6) is 0 Å². The van der Waals surface area contributed by atoms with Crippen molar-refractivity contribution in [1.82, 2.24) is 4.98 Å². The van der Waals surface area contributed by atoms with E-state index in [2.05, 4.69) is 4.98 Å². The zero-order valence-corrected chi connectivity index (χ0v) is 17.2. The summed E-state index contributed by atoms with van der Waals surface area (Å²) in [5, 5.41) is 0. The third kappa shape index (κ3) is 4.82. The summed E-state index contributed by atoms with van der Waals surface area (Å²) in [6.07, 6.45) is 1.82. The summed E-state index contributed by atoms with van der Waals surface area (Å²) in [4.78, 5) is 28.8. The second kappa shape index (κ2) is 9.55. The Bertz CT molecular complexity index is 1110. The quantitative estimate of drug-likeness (QED) is 0.378. The number of rotatable bonds is 7. The molecule has 0 fully saturated rings. The number of amides is 1. The Hall–Kier alpha value is -3.48. The average Bonchev–Trinajstić information content (AvgIpc) is 2.79. The maximum Gasteiger partial charge on any atom is 0.226 e. The van der Waals surface area contributed by atoms with Crippen molar-refractivity contribution >= 4 is 17.4 Å². The number of anilines is 1. The minimum atomic E-state index is -1.11. The maximum absolute atomic E-state index is 14.7. The minimum Gasteiger partial charge on any atom is -0.313 e. The van der Waals surface area contributed by atoms with Crippen LogP contribution in [0.1, 0.15) is 35.7 Å². The monoisotopic (exact) mass is 426 g/mol. The number of carbonyl (C=O) groups excluding carboxylic acids is 2. The maximum atomic E-state index is 14.7. The van der Waals surface area contributed by atoms with Gasteiger partial charge >= 0.3 is 0 Å². The summed E-state index contributed by atoms with van der Waals surface area (Å²) < 4.78 is 42.8. The van der Waals surface area contributed by atoms with Crippen molar-refractivity contribution in [3.05, 3.63) is 83.4 Å². The van der Waals surface area contributed by atoms with Crippen molar-refractivity contribution in [2.45, 2.75) is 26.2 Å². The molecule has 0 saturated carbocycles. The summed E-state index contributed by atoms with van der Waals surface area (Å²) in [5.41, 5.74) is 1.02. The molecule has 1 aromatic heterocycles.